The van der Waals surface area contributed by atoms with Crippen LogP contribution in [-0.2, 0) is 11.3 Å². The monoisotopic (exact) mass is 290 g/mol. The zero-order valence-electron chi connectivity index (χ0n) is 10.7. The molecule has 108 valence electrons. The molecule has 21 heavy (non-hydrogen) atoms. The third-order valence-corrected chi connectivity index (χ3v) is 2.53. The molecule has 1 aromatic heterocycles. The van der Waals surface area contributed by atoms with E-state index in [4.69, 9.17) is 5.11 Å². The van der Waals surface area contributed by atoms with Crippen LogP contribution in [0.3, 0.4) is 0 Å². The molecule has 7 nitrogen and oxygen atoms in total. The number of aliphatic carboxylic acids is 1. The van der Waals surface area contributed by atoms with Crippen molar-refractivity contribution in [2.45, 2.75) is 6.54 Å². The van der Waals surface area contributed by atoms with Crippen LogP contribution in [0.1, 0.15) is 21.7 Å². The van der Waals surface area contributed by atoms with Gasteiger partial charge in [-0.15, -0.1) is 0 Å². The van der Waals surface area contributed by atoms with Gasteiger partial charge >= 0.3 is 5.97 Å². The van der Waals surface area contributed by atoms with E-state index in [9.17, 15) is 14.0 Å². The van der Waals surface area contributed by atoms with Gasteiger partial charge in [-0.05, 0) is 23.8 Å². The second-order valence-electron chi connectivity index (χ2n) is 4.03. The summed E-state index contributed by atoms with van der Waals surface area (Å²) in [5, 5.41) is 17.2. The van der Waals surface area contributed by atoms with E-state index >= 15 is 0 Å². The highest BCUT2D eigenvalue weighted by Crippen LogP contribution is 2.12. The van der Waals surface area contributed by atoms with E-state index < -0.39 is 17.7 Å². The Labute approximate surface area is 118 Å². The predicted molar refractivity (Wildman–Crippen MR) is 70.6 cm³/mol. The highest BCUT2D eigenvalue weighted by atomic mass is 19.1. The average molecular weight is 290 g/mol. The summed E-state index contributed by atoms with van der Waals surface area (Å²) in [7, 11) is 0. The number of aromatic amines is 1. The van der Waals surface area contributed by atoms with Gasteiger partial charge in [-0.25, -0.2) is 14.2 Å². The first-order chi connectivity index (χ1) is 10.1. The lowest BCUT2D eigenvalue weighted by molar-refractivity contribution is -0.131. The average Bonchev–Trinajstić information content (AvgIpc) is 2.97. The van der Waals surface area contributed by atoms with Crippen LogP contribution in [0.4, 0.5) is 4.39 Å². The maximum Gasteiger partial charge on any atom is 0.328 e. The minimum absolute atomic E-state index is 0.0769. The fourth-order valence-electron chi connectivity index (χ4n) is 1.56. The van der Waals surface area contributed by atoms with Crippen LogP contribution < -0.4 is 5.32 Å². The summed E-state index contributed by atoms with van der Waals surface area (Å²) in [4.78, 5) is 26.2. The SMILES string of the molecule is O=C(O)C=Cc1ccc(F)c(C(=O)NCc2ncn[nH]2)c1. The predicted octanol–water partition coefficient (Wildman–Crippen LogP) is 0.972. The molecule has 0 aliphatic carbocycles. The van der Waals surface area contributed by atoms with Gasteiger partial charge in [0.25, 0.3) is 5.91 Å². The summed E-state index contributed by atoms with van der Waals surface area (Å²) in [6, 6.07) is 3.75. The number of carbonyl (C=O) groups excluding carboxylic acids is 1. The lowest BCUT2D eigenvalue weighted by Crippen LogP contribution is -2.24. The van der Waals surface area contributed by atoms with Crippen LogP contribution in [0.5, 0.6) is 0 Å². The Balaban J connectivity index is 2.12. The summed E-state index contributed by atoms with van der Waals surface area (Å²) >= 11 is 0. The fraction of sp³-hybridized carbons (Fsp3) is 0.0769. The molecule has 3 N–H and O–H groups in total. The highest BCUT2D eigenvalue weighted by Gasteiger charge is 2.12. The maximum atomic E-state index is 13.6. The normalized spacial score (nSPS) is 10.7. The Morgan fingerprint density at radius 2 is 2.24 bits per heavy atom. The van der Waals surface area contributed by atoms with Crippen molar-refractivity contribution in [3.63, 3.8) is 0 Å². The zero-order valence-corrected chi connectivity index (χ0v) is 10.7. The van der Waals surface area contributed by atoms with Gasteiger partial charge in [0, 0.05) is 6.08 Å². The van der Waals surface area contributed by atoms with Gasteiger partial charge < -0.3 is 10.4 Å². The molecule has 0 bridgehead atoms. The summed E-state index contributed by atoms with van der Waals surface area (Å²) < 4.78 is 13.6. The maximum absolute atomic E-state index is 13.6. The van der Waals surface area contributed by atoms with Crippen molar-refractivity contribution in [1.29, 1.82) is 0 Å². The van der Waals surface area contributed by atoms with Gasteiger partial charge in [0.15, 0.2) is 0 Å². The third kappa shape index (κ3) is 3.96. The number of nitrogens with zero attached hydrogens (tertiary/aromatic N) is 2. The van der Waals surface area contributed by atoms with Crippen molar-refractivity contribution < 1.29 is 19.1 Å². The standard InChI is InChI=1S/C13H11FN4O3/c14-10-3-1-8(2-4-12(19)20)5-9(10)13(21)15-6-11-16-7-17-18-11/h1-5,7H,6H2,(H,15,21)(H,19,20)(H,16,17,18). The first kappa shape index (κ1) is 14.4. The fourth-order valence-corrected chi connectivity index (χ4v) is 1.56. The number of benzene rings is 1. The second-order valence-corrected chi connectivity index (χ2v) is 4.03. The number of nitrogens with one attached hydrogen (secondary N) is 2. The number of carbonyl (C=O) groups is 2. The molecule has 2 rings (SSSR count). The Kier molecular flexibility index (Phi) is 4.39. The summed E-state index contributed by atoms with van der Waals surface area (Å²) in [5.41, 5.74) is 0.227. The topological polar surface area (TPSA) is 108 Å². The number of rotatable bonds is 5. The number of carboxylic acid groups (broad SMARTS) is 1. The smallest absolute Gasteiger partial charge is 0.328 e. The van der Waals surface area contributed by atoms with Gasteiger partial charge in [0.2, 0.25) is 0 Å². The van der Waals surface area contributed by atoms with Gasteiger partial charge in [-0.1, -0.05) is 6.07 Å². The molecule has 0 saturated carbocycles. The number of carboxylic acids is 1. The highest BCUT2D eigenvalue weighted by molar-refractivity contribution is 5.95. The molecule has 0 fully saturated rings. The summed E-state index contributed by atoms with van der Waals surface area (Å²) in [6.45, 7) is 0.0769. The van der Waals surface area contributed by atoms with E-state index in [0.29, 0.717) is 11.4 Å². The van der Waals surface area contributed by atoms with Crippen LogP contribution in [0.15, 0.2) is 30.6 Å². The van der Waals surface area contributed by atoms with E-state index in [-0.39, 0.29) is 12.1 Å². The van der Waals surface area contributed by atoms with Gasteiger partial charge in [-0.2, -0.15) is 5.10 Å². The van der Waals surface area contributed by atoms with Gasteiger partial charge in [0.1, 0.15) is 18.0 Å². The molecule has 0 aliphatic heterocycles. The molecule has 0 atom stereocenters. The first-order valence-corrected chi connectivity index (χ1v) is 5.89. The molecular weight excluding hydrogens is 279 g/mol. The molecule has 1 aromatic carbocycles. The molecule has 0 spiro atoms. The van der Waals surface area contributed by atoms with E-state index in [1.807, 2.05) is 0 Å². The van der Waals surface area contributed by atoms with Crippen molar-refractivity contribution in [1.82, 2.24) is 20.5 Å². The van der Waals surface area contributed by atoms with Crippen molar-refractivity contribution in [2.75, 3.05) is 0 Å². The first-order valence-electron chi connectivity index (χ1n) is 5.89. The number of hydrogen-bond donors (Lipinski definition) is 3. The van der Waals surface area contributed by atoms with Crippen molar-refractivity contribution in [2.24, 2.45) is 0 Å². The summed E-state index contributed by atoms with van der Waals surface area (Å²) in [6.07, 6.45) is 3.47. The largest absolute Gasteiger partial charge is 0.478 e. The number of H-pyrrole nitrogens is 1. The van der Waals surface area contributed by atoms with E-state index in [0.717, 1.165) is 12.1 Å². The van der Waals surface area contributed by atoms with E-state index in [2.05, 4.69) is 20.5 Å². The molecule has 0 aliphatic rings. The Bertz CT molecular complexity index is 683. The number of hydrogen-bond acceptors (Lipinski definition) is 4. The van der Waals surface area contributed by atoms with Gasteiger partial charge in [0.05, 0.1) is 12.1 Å². The van der Waals surface area contributed by atoms with Gasteiger partial charge in [-0.3, -0.25) is 9.89 Å². The molecule has 0 unspecified atom stereocenters. The molecule has 1 amide bonds. The van der Waals surface area contributed by atoms with Crippen LogP contribution in [0.2, 0.25) is 0 Å². The second kappa shape index (κ2) is 6.42. The molecule has 8 heteroatoms. The number of amides is 1. The number of halogens is 1. The summed E-state index contributed by atoms with van der Waals surface area (Å²) in [5.74, 6) is -2.02. The minimum atomic E-state index is -1.13. The van der Waals surface area contributed by atoms with Crippen molar-refractivity contribution in [3.8, 4) is 0 Å². The van der Waals surface area contributed by atoms with Crippen molar-refractivity contribution >= 4 is 18.0 Å². The molecule has 0 saturated heterocycles. The Morgan fingerprint density at radius 1 is 1.43 bits per heavy atom. The van der Waals surface area contributed by atoms with Crippen LogP contribution in [0, 0.1) is 5.82 Å². The molecular formula is C13H11FN4O3. The van der Waals surface area contributed by atoms with Crippen LogP contribution in [-0.4, -0.2) is 32.2 Å². The Morgan fingerprint density at radius 3 is 2.90 bits per heavy atom. The Hall–Kier alpha value is -3.03. The molecule has 1 heterocycles. The lowest BCUT2D eigenvalue weighted by Gasteiger charge is -2.05. The lowest BCUT2D eigenvalue weighted by atomic mass is 10.1. The molecule has 0 radical (unpaired) electrons. The van der Waals surface area contributed by atoms with Crippen molar-refractivity contribution in [3.05, 3.63) is 53.4 Å². The minimum Gasteiger partial charge on any atom is -0.478 e. The quantitative estimate of drug-likeness (QED) is 0.711. The van der Waals surface area contributed by atoms with E-state index in [1.165, 1.54) is 24.5 Å². The number of aromatic nitrogens is 3. The zero-order chi connectivity index (χ0) is 15.2. The molecule has 2 aromatic rings. The van der Waals surface area contributed by atoms with Crippen LogP contribution >= 0.6 is 0 Å². The van der Waals surface area contributed by atoms with Crippen LogP contribution in [0.25, 0.3) is 6.08 Å². The van der Waals surface area contributed by atoms with E-state index in [1.54, 1.807) is 0 Å². The third-order valence-electron chi connectivity index (χ3n) is 2.53.